The fraction of sp³-hybridized carbons (Fsp3) is 0.714. The van der Waals surface area contributed by atoms with Gasteiger partial charge in [-0.1, -0.05) is 13.8 Å². The summed E-state index contributed by atoms with van der Waals surface area (Å²) in [6.07, 6.45) is 1.05. The zero-order valence-electron chi connectivity index (χ0n) is 13.5. The molecule has 0 aliphatic carbocycles. The van der Waals surface area contributed by atoms with Crippen LogP contribution in [-0.4, -0.2) is 41.5 Å². The van der Waals surface area contributed by atoms with Crippen molar-refractivity contribution in [3.8, 4) is 0 Å². The maximum Gasteiger partial charge on any atom is 0.148 e. The summed E-state index contributed by atoms with van der Waals surface area (Å²) < 4.78 is 0. The van der Waals surface area contributed by atoms with E-state index in [0.717, 1.165) is 30.2 Å². The number of nitrogens with zero attached hydrogens (tertiary/aromatic N) is 3. The normalized spacial score (nSPS) is 12.8. The van der Waals surface area contributed by atoms with Gasteiger partial charge in [-0.15, -0.1) is 0 Å². The number of anilines is 2. The minimum absolute atomic E-state index is 0.264. The van der Waals surface area contributed by atoms with Gasteiger partial charge in [-0.25, -0.2) is 15.8 Å². The van der Waals surface area contributed by atoms with Crippen molar-refractivity contribution in [1.29, 1.82) is 0 Å². The van der Waals surface area contributed by atoms with E-state index in [1.165, 1.54) is 0 Å². The van der Waals surface area contributed by atoms with E-state index in [2.05, 4.69) is 60.5 Å². The Morgan fingerprint density at radius 1 is 1.15 bits per heavy atom. The van der Waals surface area contributed by atoms with Gasteiger partial charge in [-0.2, -0.15) is 0 Å². The molecule has 0 fully saturated rings. The highest BCUT2D eigenvalue weighted by Gasteiger charge is 2.14. The van der Waals surface area contributed by atoms with Crippen molar-refractivity contribution < 1.29 is 0 Å². The van der Waals surface area contributed by atoms with Crippen molar-refractivity contribution in [1.82, 2.24) is 14.9 Å². The lowest BCUT2D eigenvalue weighted by Gasteiger charge is -2.20. The molecule has 114 valence electrons. The Kier molecular flexibility index (Phi) is 6.16. The molecule has 0 aliphatic heterocycles. The summed E-state index contributed by atoms with van der Waals surface area (Å²) in [7, 11) is 4.16. The average molecular weight is 280 g/mol. The van der Waals surface area contributed by atoms with E-state index < -0.39 is 0 Å². The predicted octanol–water partition coefficient (Wildman–Crippen LogP) is 1.95. The molecule has 1 rings (SSSR count). The molecule has 1 aromatic rings. The Morgan fingerprint density at radius 2 is 1.75 bits per heavy atom. The Labute approximate surface area is 122 Å². The van der Waals surface area contributed by atoms with E-state index >= 15 is 0 Å². The molecule has 6 heteroatoms. The molecule has 0 amide bonds. The van der Waals surface area contributed by atoms with Crippen molar-refractivity contribution in [2.45, 2.75) is 46.1 Å². The standard InChI is InChI=1S/C14H28N6/c1-9(2)12-17-13(11(4)14(18-12)19-15)16-10(3)7-8-20(5)6/h9-10H,7-8,15H2,1-6H3,(H2,16,17,18,19). The van der Waals surface area contributed by atoms with Crippen LogP contribution in [0, 0.1) is 6.92 Å². The molecule has 20 heavy (non-hydrogen) atoms. The SMILES string of the molecule is Cc1c(NN)nc(C(C)C)nc1NC(C)CCN(C)C. The molecule has 0 saturated carbocycles. The Morgan fingerprint density at radius 3 is 2.25 bits per heavy atom. The summed E-state index contributed by atoms with van der Waals surface area (Å²) >= 11 is 0. The van der Waals surface area contributed by atoms with Gasteiger partial charge in [-0.3, -0.25) is 0 Å². The minimum atomic E-state index is 0.264. The van der Waals surface area contributed by atoms with Gasteiger partial charge in [-0.05, 0) is 40.9 Å². The summed E-state index contributed by atoms with van der Waals surface area (Å²) in [5, 5.41) is 3.46. The van der Waals surface area contributed by atoms with Crippen LogP contribution in [0.25, 0.3) is 0 Å². The molecule has 0 saturated heterocycles. The van der Waals surface area contributed by atoms with Crippen molar-refractivity contribution in [2.75, 3.05) is 31.4 Å². The Bertz CT molecular complexity index is 430. The van der Waals surface area contributed by atoms with Crippen LogP contribution >= 0.6 is 0 Å². The largest absolute Gasteiger partial charge is 0.367 e. The van der Waals surface area contributed by atoms with E-state index in [1.807, 2.05) is 6.92 Å². The summed E-state index contributed by atoms with van der Waals surface area (Å²) in [5.74, 6) is 8.15. The van der Waals surface area contributed by atoms with Crippen LogP contribution in [0.1, 0.15) is 44.5 Å². The highest BCUT2D eigenvalue weighted by molar-refractivity contribution is 5.57. The summed E-state index contributed by atoms with van der Waals surface area (Å²) in [6, 6.07) is 0.344. The first-order valence-corrected chi connectivity index (χ1v) is 7.11. The van der Waals surface area contributed by atoms with Crippen LogP contribution in [0.5, 0.6) is 0 Å². The van der Waals surface area contributed by atoms with Gasteiger partial charge < -0.3 is 15.6 Å². The number of nitrogens with one attached hydrogen (secondary N) is 2. The van der Waals surface area contributed by atoms with Crippen LogP contribution < -0.4 is 16.6 Å². The number of nitrogen functional groups attached to an aromatic ring is 1. The third-order valence-corrected chi connectivity index (χ3v) is 3.21. The topological polar surface area (TPSA) is 79.1 Å². The third-order valence-electron chi connectivity index (χ3n) is 3.21. The quantitative estimate of drug-likeness (QED) is 0.523. The third kappa shape index (κ3) is 4.61. The second-order valence-electron chi connectivity index (χ2n) is 5.84. The van der Waals surface area contributed by atoms with Crippen molar-refractivity contribution in [3.05, 3.63) is 11.4 Å². The second kappa shape index (κ2) is 7.40. The zero-order valence-corrected chi connectivity index (χ0v) is 13.5. The van der Waals surface area contributed by atoms with E-state index in [9.17, 15) is 0 Å². The molecule has 4 N–H and O–H groups in total. The lowest BCUT2D eigenvalue weighted by Crippen LogP contribution is -2.24. The maximum absolute atomic E-state index is 5.54. The number of hydrazine groups is 1. The molecule has 1 unspecified atom stereocenters. The highest BCUT2D eigenvalue weighted by atomic mass is 15.3. The van der Waals surface area contributed by atoms with E-state index in [0.29, 0.717) is 11.9 Å². The minimum Gasteiger partial charge on any atom is -0.367 e. The molecule has 0 aliphatic rings. The molecular weight excluding hydrogens is 252 g/mol. The molecule has 0 bridgehead atoms. The number of hydrogen-bond acceptors (Lipinski definition) is 6. The van der Waals surface area contributed by atoms with Gasteiger partial charge in [0, 0.05) is 17.5 Å². The number of rotatable bonds is 7. The van der Waals surface area contributed by atoms with Crippen LogP contribution in [0.4, 0.5) is 11.6 Å². The monoisotopic (exact) mass is 280 g/mol. The summed E-state index contributed by atoms with van der Waals surface area (Å²) in [6.45, 7) is 9.32. The van der Waals surface area contributed by atoms with E-state index in [4.69, 9.17) is 5.84 Å². The average Bonchev–Trinajstić information content (AvgIpc) is 2.38. The second-order valence-corrected chi connectivity index (χ2v) is 5.84. The first-order chi connectivity index (χ1) is 9.35. The fourth-order valence-corrected chi connectivity index (χ4v) is 1.83. The van der Waals surface area contributed by atoms with Gasteiger partial charge in [0.25, 0.3) is 0 Å². The van der Waals surface area contributed by atoms with Crippen LogP contribution in [0.2, 0.25) is 0 Å². The molecule has 6 nitrogen and oxygen atoms in total. The molecule has 0 radical (unpaired) electrons. The smallest absolute Gasteiger partial charge is 0.148 e. The van der Waals surface area contributed by atoms with Crippen molar-refractivity contribution in [3.63, 3.8) is 0 Å². The first kappa shape index (κ1) is 16.7. The lowest BCUT2D eigenvalue weighted by atomic mass is 10.2. The molecule has 0 aromatic carbocycles. The maximum atomic E-state index is 5.54. The molecule has 0 spiro atoms. The Hall–Kier alpha value is -1.40. The van der Waals surface area contributed by atoms with Crippen molar-refractivity contribution >= 4 is 11.6 Å². The Balaban J connectivity index is 2.90. The van der Waals surface area contributed by atoms with Crippen LogP contribution in [-0.2, 0) is 0 Å². The number of aromatic nitrogens is 2. The summed E-state index contributed by atoms with van der Waals surface area (Å²) in [4.78, 5) is 11.2. The lowest BCUT2D eigenvalue weighted by molar-refractivity contribution is 0.390. The van der Waals surface area contributed by atoms with Crippen LogP contribution in [0.15, 0.2) is 0 Å². The van der Waals surface area contributed by atoms with E-state index in [-0.39, 0.29) is 5.92 Å². The highest BCUT2D eigenvalue weighted by Crippen LogP contribution is 2.23. The predicted molar refractivity (Wildman–Crippen MR) is 84.9 cm³/mol. The molecule has 1 heterocycles. The van der Waals surface area contributed by atoms with Gasteiger partial charge in [0.05, 0.1) is 0 Å². The number of hydrogen-bond donors (Lipinski definition) is 3. The zero-order chi connectivity index (χ0) is 15.3. The van der Waals surface area contributed by atoms with Crippen molar-refractivity contribution in [2.24, 2.45) is 5.84 Å². The molecule has 1 atom stereocenters. The van der Waals surface area contributed by atoms with Gasteiger partial charge in [0.2, 0.25) is 0 Å². The molecule has 1 aromatic heterocycles. The summed E-state index contributed by atoms with van der Waals surface area (Å²) in [5.41, 5.74) is 3.61. The fourth-order valence-electron chi connectivity index (χ4n) is 1.83. The van der Waals surface area contributed by atoms with Gasteiger partial charge in [0.15, 0.2) is 0 Å². The number of nitrogens with two attached hydrogens (primary N) is 1. The van der Waals surface area contributed by atoms with E-state index in [1.54, 1.807) is 0 Å². The van der Waals surface area contributed by atoms with Gasteiger partial charge >= 0.3 is 0 Å². The first-order valence-electron chi connectivity index (χ1n) is 7.11. The van der Waals surface area contributed by atoms with Gasteiger partial charge in [0.1, 0.15) is 17.5 Å². The van der Waals surface area contributed by atoms with Crippen LogP contribution in [0.3, 0.4) is 0 Å². The molecular formula is C14H28N6.